The van der Waals surface area contributed by atoms with Crippen molar-refractivity contribution in [1.82, 2.24) is 33.6 Å². The summed E-state index contributed by atoms with van der Waals surface area (Å²) in [6, 6.07) is 137. The van der Waals surface area contributed by atoms with E-state index in [-0.39, 0.29) is 0 Å². The maximum Gasteiger partial charge on any atom is 0.235 e. The molecule has 0 radical (unpaired) electrons. The molecule has 118 heavy (non-hydrogen) atoms. The Balaban J connectivity index is 0.000000131. The minimum Gasteiger partial charge on any atom is -0.455 e. The molecule has 0 atom stereocenters. The van der Waals surface area contributed by atoms with Gasteiger partial charge in [0, 0.05) is 106 Å². The van der Waals surface area contributed by atoms with Crippen LogP contribution in [0, 0.1) is 0 Å². The number of hydrogen-bond donors (Lipinski definition) is 0. The number of hydrogen-bond acceptors (Lipinski definition) is 7. The molecule has 0 bridgehead atoms. The third-order valence-corrected chi connectivity index (χ3v) is 26.5. The van der Waals surface area contributed by atoms with Gasteiger partial charge in [-0.1, -0.05) is 261 Å². The van der Waals surface area contributed by atoms with Gasteiger partial charge in [-0.2, -0.15) is 0 Å². The maximum absolute atomic E-state index is 6.77. The lowest BCUT2D eigenvalue weighted by Crippen LogP contribution is -2.03. The van der Waals surface area contributed by atoms with Crippen LogP contribution in [0.2, 0.25) is 0 Å². The Kier molecular flexibility index (Phi) is 14.7. The van der Waals surface area contributed by atoms with Crippen molar-refractivity contribution in [2.24, 2.45) is 0 Å². The molecule has 0 N–H and O–H groups in total. The molecule has 26 rings (SSSR count). The van der Waals surface area contributed by atoms with Crippen LogP contribution in [-0.4, -0.2) is 33.6 Å². The normalized spacial score (nSPS) is 12.1. The summed E-state index contributed by atoms with van der Waals surface area (Å²) in [7, 11) is 0. The zero-order chi connectivity index (χ0) is 77.2. The lowest BCUT2D eigenvalue weighted by atomic mass is 9.99. The van der Waals surface area contributed by atoms with Gasteiger partial charge in [0.15, 0.2) is 0 Å². The van der Waals surface area contributed by atoms with Gasteiger partial charge in [0.1, 0.15) is 11.2 Å². The Morgan fingerprint density at radius 1 is 0.229 bits per heavy atom. The van der Waals surface area contributed by atoms with Gasteiger partial charge in [0.2, 0.25) is 11.9 Å². The Labute approximate surface area is 682 Å². The molecule has 8 heterocycles. The van der Waals surface area contributed by atoms with Crippen LogP contribution in [0.15, 0.2) is 387 Å². The van der Waals surface area contributed by atoms with E-state index in [1.54, 1.807) is 0 Å². The maximum atomic E-state index is 6.77. The summed E-state index contributed by atoms with van der Waals surface area (Å²) >= 11 is 3.73. The van der Waals surface area contributed by atoms with Crippen molar-refractivity contribution < 1.29 is 4.42 Å². The van der Waals surface area contributed by atoms with Crippen molar-refractivity contribution in [1.29, 1.82) is 0 Å². The summed E-state index contributed by atoms with van der Waals surface area (Å²) in [5.41, 5.74) is 22.2. The van der Waals surface area contributed by atoms with Crippen molar-refractivity contribution in [3.63, 3.8) is 0 Å². The van der Waals surface area contributed by atoms with Crippen LogP contribution >= 0.6 is 22.7 Å². The Morgan fingerprint density at radius 2 is 0.695 bits per heavy atom. The molecule has 8 aromatic heterocycles. The van der Waals surface area contributed by atoms with E-state index < -0.39 is 0 Å². The molecule has 10 heteroatoms. The quantitative estimate of drug-likeness (QED) is 0.151. The molecule has 0 saturated carbocycles. The number of fused-ring (bicyclic) bond motifs is 24. The van der Waals surface area contributed by atoms with Crippen LogP contribution in [0.25, 0.3) is 245 Å². The van der Waals surface area contributed by atoms with Gasteiger partial charge in [0.25, 0.3) is 0 Å². The SMILES string of the molecule is c1ccc(-n2c3ccccc3c3cc(-c4ccc5c(c4)c4c6oc7ccccc7c6ccc4n5-c4nc(-c5cccc6ccccc56)c5ccccc5n4)ccc32)cc1.c1ccc2cc(-c3ccc(-c4nc(-n5c6ccc(-c7ccc8sc9ccccc9c8c7)cc6c6c7sc8ccccc8c7ccc65)nc5ccccc45)cc3)ccc2c1. The highest BCUT2D eigenvalue weighted by atomic mass is 32.1. The van der Waals surface area contributed by atoms with Crippen molar-refractivity contribution in [2.75, 3.05) is 0 Å². The van der Waals surface area contributed by atoms with Crippen molar-refractivity contribution >= 4 is 194 Å². The number of furan rings is 1. The van der Waals surface area contributed by atoms with E-state index in [0.29, 0.717) is 11.9 Å². The number of rotatable bonds is 8. The highest BCUT2D eigenvalue weighted by molar-refractivity contribution is 7.27. The fourth-order valence-corrected chi connectivity index (χ4v) is 21.0. The number of aromatic nitrogens is 7. The molecule has 0 fully saturated rings. The van der Waals surface area contributed by atoms with Crippen LogP contribution < -0.4 is 0 Å². The third-order valence-electron chi connectivity index (χ3n) is 24.1. The van der Waals surface area contributed by atoms with Gasteiger partial charge in [-0.25, -0.2) is 19.9 Å². The summed E-state index contributed by atoms with van der Waals surface area (Å²) in [6.45, 7) is 0. The summed E-state index contributed by atoms with van der Waals surface area (Å²) in [4.78, 5) is 21.6. The van der Waals surface area contributed by atoms with Crippen LogP contribution in [-0.2, 0) is 0 Å². The van der Waals surface area contributed by atoms with Gasteiger partial charge in [-0.05, 0) is 176 Å². The largest absolute Gasteiger partial charge is 0.455 e. The zero-order valence-corrected chi connectivity index (χ0v) is 64.9. The summed E-state index contributed by atoms with van der Waals surface area (Å²) in [5.74, 6) is 1.28. The molecule has 0 spiro atoms. The minimum absolute atomic E-state index is 0.616. The summed E-state index contributed by atoms with van der Waals surface area (Å²) in [5, 5.41) is 21.2. The molecule has 0 saturated heterocycles. The first-order valence-electron chi connectivity index (χ1n) is 39.9. The van der Waals surface area contributed by atoms with Gasteiger partial charge in [-0.15, -0.1) is 22.7 Å². The standard InChI is InChI=1S/C54H32N4O.C54H31N3S2/c1-2-15-36(16-3-1)57-46-23-10-7-18-38(46)43-31-34(25-28-47(43)57)35-26-29-48-44(32-35)51-49(30-27-41-39-19-8-11-24-50(39)59-53(41)51)58(48)54-55-45-22-9-6-20-42(45)52(56-54)40-21-12-14-33-13-4-5-17-37(33)40;1-2-10-35-29-36(22-19-32(35)9-1)33-17-20-34(21-18-33)52-42-13-3-6-14-45(42)55-54(56-52)57-46-26-23-37(38-24-28-50-43(30-38)40-12-5-7-15-48(40)58-50)31-44(46)51-47(57)27-25-41-39-11-4-8-16-49(39)59-53(41)51/h1-32H;1-31H. The molecule has 0 aliphatic rings. The molecular weight excluding hydrogens is 1480 g/mol. The van der Waals surface area contributed by atoms with Crippen LogP contribution in [0.5, 0.6) is 0 Å². The van der Waals surface area contributed by atoms with Crippen molar-refractivity contribution in [3.8, 4) is 73.5 Å². The summed E-state index contributed by atoms with van der Waals surface area (Å²) < 4.78 is 18.8. The van der Waals surface area contributed by atoms with E-state index in [1.165, 1.54) is 111 Å². The van der Waals surface area contributed by atoms with E-state index in [0.717, 1.165) is 121 Å². The number of para-hydroxylation sites is 5. The van der Waals surface area contributed by atoms with Crippen molar-refractivity contribution in [3.05, 3.63) is 382 Å². The molecule has 548 valence electrons. The average Bonchev–Trinajstić information content (AvgIpc) is 1.55. The molecule has 26 aromatic rings. The van der Waals surface area contributed by atoms with E-state index in [9.17, 15) is 0 Å². The van der Waals surface area contributed by atoms with Crippen molar-refractivity contribution in [2.45, 2.75) is 0 Å². The zero-order valence-electron chi connectivity index (χ0n) is 63.2. The lowest BCUT2D eigenvalue weighted by Gasteiger charge is -2.13. The predicted molar refractivity (Wildman–Crippen MR) is 497 cm³/mol. The first-order chi connectivity index (χ1) is 58.5. The van der Waals surface area contributed by atoms with Gasteiger partial charge < -0.3 is 8.98 Å². The fourth-order valence-electron chi connectivity index (χ4n) is 18.7. The summed E-state index contributed by atoms with van der Waals surface area (Å²) in [6.07, 6.45) is 0. The Hall–Kier alpha value is -15.2. The van der Waals surface area contributed by atoms with Gasteiger partial charge in [0.05, 0.1) is 60.9 Å². The second-order valence-corrected chi connectivity index (χ2v) is 32.8. The highest BCUT2D eigenvalue weighted by Gasteiger charge is 2.26. The van der Waals surface area contributed by atoms with Crippen LogP contribution in [0.1, 0.15) is 0 Å². The van der Waals surface area contributed by atoms with Crippen LogP contribution in [0.4, 0.5) is 0 Å². The number of thiophene rings is 2. The fraction of sp³-hybridized carbons (Fsp3) is 0. The Bertz CT molecular complexity index is 8720. The number of nitrogens with zero attached hydrogens (tertiary/aromatic N) is 7. The van der Waals surface area contributed by atoms with E-state index >= 15 is 0 Å². The molecule has 18 aromatic carbocycles. The highest BCUT2D eigenvalue weighted by Crippen LogP contribution is 2.48. The first kappa shape index (κ1) is 66.3. The topological polar surface area (TPSA) is 79.5 Å². The van der Waals surface area contributed by atoms with Gasteiger partial charge >= 0.3 is 0 Å². The molecule has 0 aliphatic heterocycles. The van der Waals surface area contributed by atoms with Gasteiger partial charge in [-0.3, -0.25) is 9.13 Å². The second-order valence-electron chi connectivity index (χ2n) is 30.7. The first-order valence-corrected chi connectivity index (χ1v) is 41.5. The lowest BCUT2D eigenvalue weighted by molar-refractivity contribution is 0.673. The predicted octanol–water partition coefficient (Wildman–Crippen LogP) is 29.8. The molecular formula is C108H63N7OS2. The smallest absolute Gasteiger partial charge is 0.235 e. The Morgan fingerprint density at radius 3 is 1.42 bits per heavy atom. The monoisotopic (exact) mass is 1540 g/mol. The molecule has 0 unspecified atom stereocenters. The van der Waals surface area contributed by atoms with E-state index in [4.69, 9.17) is 24.4 Å². The molecule has 0 aliphatic carbocycles. The minimum atomic E-state index is 0.616. The van der Waals surface area contributed by atoms with E-state index in [2.05, 4.69) is 390 Å². The van der Waals surface area contributed by atoms with E-state index in [1.807, 2.05) is 28.7 Å². The molecule has 8 nitrogen and oxygen atoms in total. The third kappa shape index (κ3) is 10.3. The van der Waals surface area contributed by atoms with Crippen LogP contribution in [0.3, 0.4) is 0 Å². The second kappa shape index (κ2) is 26.2. The average molecular weight is 1540 g/mol. The molecule has 0 amide bonds. The number of benzene rings is 18.